The van der Waals surface area contributed by atoms with E-state index in [1.807, 2.05) is 35.2 Å². The van der Waals surface area contributed by atoms with Crippen molar-refractivity contribution in [3.8, 4) is 6.07 Å². The van der Waals surface area contributed by atoms with Gasteiger partial charge >= 0.3 is 5.97 Å². The number of para-hydroxylation sites is 1. The zero-order valence-electron chi connectivity index (χ0n) is 9.93. The van der Waals surface area contributed by atoms with Gasteiger partial charge in [0.25, 0.3) is 0 Å². The molecular formula is C13H16N2O2. The SMILES string of the molecule is CCOC(=O)CN(CCC#N)c1ccccc1. The third-order valence-corrected chi connectivity index (χ3v) is 2.24. The second-order valence-corrected chi connectivity index (χ2v) is 3.47. The van der Waals surface area contributed by atoms with Crippen LogP contribution in [0.5, 0.6) is 0 Å². The first-order valence-corrected chi connectivity index (χ1v) is 5.60. The summed E-state index contributed by atoms with van der Waals surface area (Å²) in [5, 5.41) is 8.61. The minimum Gasteiger partial charge on any atom is -0.465 e. The molecule has 4 nitrogen and oxygen atoms in total. The Morgan fingerprint density at radius 2 is 2.12 bits per heavy atom. The minimum absolute atomic E-state index is 0.180. The molecule has 0 aromatic heterocycles. The van der Waals surface area contributed by atoms with Crippen molar-refractivity contribution >= 4 is 11.7 Å². The molecule has 17 heavy (non-hydrogen) atoms. The average Bonchev–Trinajstić information content (AvgIpc) is 2.36. The van der Waals surface area contributed by atoms with Gasteiger partial charge in [-0.3, -0.25) is 4.79 Å². The summed E-state index contributed by atoms with van der Waals surface area (Å²) >= 11 is 0. The second-order valence-electron chi connectivity index (χ2n) is 3.47. The minimum atomic E-state index is -0.269. The number of nitrogens with zero attached hydrogens (tertiary/aromatic N) is 2. The Hall–Kier alpha value is -2.02. The van der Waals surface area contributed by atoms with E-state index in [1.54, 1.807) is 6.92 Å². The maximum atomic E-state index is 11.4. The quantitative estimate of drug-likeness (QED) is 0.704. The molecule has 0 N–H and O–H groups in total. The molecule has 0 heterocycles. The van der Waals surface area contributed by atoms with Crippen molar-refractivity contribution in [1.29, 1.82) is 5.26 Å². The topological polar surface area (TPSA) is 53.3 Å². The fraction of sp³-hybridized carbons (Fsp3) is 0.385. The van der Waals surface area contributed by atoms with Gasteiger partial charge in [0.1, 0.15) is 6.54 Å². The van der Waals surface area contributed by atoms with Crippen LogP contribution in [0.1, 0.15) is 13.3 Å². The summed E-state index contributed by atoms with van der Waals surface area (Å²) in [7, 11) is 0. The van der Waals surface area contributed by atoms with E-state index < -0.39 is 0 Å². The van der Waals surface area contributed by atoms with E-state index in [2.05, 4.69) is 6.07 Å². The highest BCUT2D eigenvalue weighted by atomic mass is 16.5. The van der Waals surface area contributed by atoms with Gasteiger partial charge < -0.3 is 9.64 Å². The van der Waals surface area contributed by atoms with E-state index in [1.165, 1.54) is 0 Å². The molecule has 0 aliphatic rings. The molecule has 1 rings (SSSR count). The molecule has 1 aromatic rings. The lowest BCUT2D eigenvalue weighted by Crippen LogP contribution is -2.31. The molecule has 0 saturated carbocycles. The number of benzene rings is 1. The Balaban J connectivity index is 2.67. The number of esters is 1. The summed E-state index contributed by atoms with van der Waals surface area (Å²) in [5.41, 5.74) is 0.927. The first-order valence-electron chi connectivity index (χ1n) is 5.60. The molecule has 0 amide bonds. The Kier molecular flexibility index (Phi) is 5.59. The Labute approximate surface area is 101 Å². The molecule has 4 heteroatoms. The zero-order valence-corrected chi connectivity index (χ0v) is 9.93. The number of carbonyl (C=O) groups is 1. The lowest BCUT2D eigenvalue weighted by Gasteiger charge is -2.22. The van der Waals surface area contributed by atoms with Crippen molar-refractivity contribution in [2.45, 2.75) is 13.3 Å². The van der Waals surface area contributed by atoms with Gasteiger partial charge in [-0.15, -0.1) is 0 Å². The number of rotatable bonds is 6. The summed E-state index contributed by atoms with van der Waals surface area (Å²) in [6, 6.07) is 11.6. The van der Waals surface area contributed by atoms with Gasteiger partial charge in [0, 0.05) is 12.2 Å². The molecule has 90 valence electrons. The van der Waals surface area contributed by atoms with Gasteiger partial charge in [-0.1, -0.05) is 18.2 Å². The Morgan fingerprint density at radius 3 is 2.71 bits per heavy atom. The normalized spacial score (nSPS) is 9.41. The maximum absolute atomic E-state index is 11.4. The summed E-state index contributed by atoms with van der Waals surface area (Å²) in [6.07, 6.45) is 0.383. The van der Waals surface area contributed by atoms with E-state index in [-0.39, 0.29) is 12.5 Å². The summed E-state index contributed by atoms with van der Waals surface area (Å²) in [5.74, 6) is -0.269. The van der Waals surface area contributed by atoms with Crippen LogP contribution in [0.4, 0.5) is 5.69 Å². The van der Waals surface area contributed by atoms with E-state index in [0.29, 0.717) is 19.6 Å². The fourth-order valence-electron chi connectivity index (χ4n) is 1.49. The first-order chi connectivity index (χ1) is 8.27. The predicted octanol–water partition coefficient (Wildman–Crippen LogP) is 1.97. The van der Waals surface area contributed by atoms with Crippen LogP contribution in [-0.2, 0) is 9.53 Å². The van der Waals surface area contributed by atoms with E-state index in [0.717, 1.165) is 5.69 Å². The number of hydrogen-bond donors (Lipinski definition) is 0. The van der Waals surface area contributed by atoms with Gasteiger partial charge in [0.05, 0.1) is 19.1 Å². The van der Waals surface area contributed by atoms with E-state index in [9.17, 15) is 4.79 Å². The van der Waals surface area contributed by atoms with Crippen molar-refractivity contribution < 1.29 is 9.53 Å². The molecule has 0 fully saturated rings. The number of ether oxygens (including phenoxy) is 1. The van der Waals surface area contributed by atoms with Crippen molar-refractivity contribution in [3.05, 3.63) is 30.3 Å². The van der Waals surface area contributed by atoms with Crippen LogP contribution >= 0.6 is 0 Å². The maximum Gasteiger partial charge on any atom is 0.325 e. The highest BCUT2D eigenvalue weighted by Gasteiger charge is 2.11. The molecule has 0 atom stereocenters. The second kappa shape index (κ2) is 7.29. The molecule has 0 spiro atoms. The summed E-state index contributed by atoms with van der Waals surface area (Å²) < 4.78 is 4.91. The number of nitriles is 1. The van der Waals surface area contributed by atoms with Crippen LogP contribution in [0, 0.1) is 11.3 Å². The molecule has 1 aromatic carbocycles. The molecule has 0 saturated heterocycles. The summed E-state index contributed by atoms with van der Waals surface area (Å²) in [6.45, 7) is 2.86. The van der Waals surface area contributed by atoms with Crippen LogP contribution in [0.3, 0.4) is 0 Å². The predicted molar refractivity (Wildman–Crippen MR) is 65.5 cm³/mol. The molecular weight excluding hydrogens is 216 g/mol. The molecule has 0 bridgehead atoms. The molecule has 0 aliphatic heterocycles. The van der Waals surface area contributed by atoms with Crippen molar-refractivity contribution in [1.82, 2.24) is 0 Å². The van der Waals surface area contributed by atoms with Gasteiger partial charge in [0.2, 0.25) is 0 Å². The van der Waals surface area contributed by atoms with Crippen LogP contribution < -0.4 is 4.90 Å². The number of hydrogen-bond acceptors (Lipinski definition) is 4. The Morgan fingerprint density at radius 1 is 1.41 bits per heavy atom. The third-order valence-electron chi connectivity index (χ3n) is 2.24. The zero-order chi connectivity index (χ0) is 12.5. The van der Waals surface area contributed by atoms with Crippen LogP contribution in [0.15, 0.2) is 30.3 Å². The van der Waals surface area contributed by atoms with Crippen LogP contribution in [0.2, 0.25) is 0 Å². The lowest BCUT2D eigenvalue weighted by atomic mass is 10.2. The highest BCUT2D eigenvalue weighted by Crippen LogP contribution is 2.13. The highest BCUT2D eigenvalue weighted by molar-refractivity contribution is 5.75. The standard InChI is InChI=1S/C13H16N2O2/c1-2-17-13(16)11-15(10-6-9-14)12-7-4-3-5-8-12/h3-5,7-8H,2,6,10-11H2,1H3. The van der Waals surface area contributed by atoms with Crippen LogP contribution in [0.25, 0.3) is 0 Å². The van der Waals surface area contributed by atoms with Gasteiger partial charge in [0.15, 0.2) is 0 Å². The fourth-order valence-corrected chi connectivity index (χ4v) is 1.49. The Bertz CT molecular complexity index is 384. The third kappa shape index (κ3) is 4.56. The molecule has 0 aliphatic carbocycles. The molecule has 0 unspecified atom stereocenters. The van der Waals surface area contributed by atoms with Crippen LogP contribution in [-0.4, -0.2) is 25.7 Å². The first kappa shape index (κ1) is 13.0. The number of carbonyl (C=O) groups excluding carboxylic acids is 1. The smallest absolute Gasteiger partial charge is 0.325 e. The number of anilines is 1. The average molecular weight is 232 g/mol. The van der Waals surface area contributed by atoms with Crippen molar-refractivity contribution in [3.63, 3.8) is 0 Å². The van der Waals surface area contributed by atoms with E-state index >= 15 is 0 Å². The van der Waals surface area contributed by atoms with Crippen molar-refractivity contribution in [2.24, 2.45) is 0 Å². The van der Waals surface area contributed by atoms with Crippen molar-refractivity contribution in [2.75, 3.05) is 24.6 Å². The lowest BCUT2D eigenvalue weighted by molar-refractivity contribution is -0.141. The largest absolute Gasteiger partial charge is 0.465 e. The monoisotopic (exact) mass is 232 g/mol. The molecule has 0 radical (unpaired) electrons. The van der Waals surface area contributed by atoms with Gasteiger partial charge in [-0.05, 0) is 19.1 Å². The van der Waals surface area contributed by atoms with Gasteiger partial charge in [-0.2, -0.15) is 5.26 Å². The van der Waals surface area contributed by atoms with E-state index in [4.69, 9.17) is 10.00 Å². The van der Waals surface area contributed by atoms with Gasteiger partial charge in [-0.25, -0.2) is 0 Å². The summed E-state index contributed by atoms with van der Waals surface area (Å²) in [4.78, 5) is 13.3.